The minimum absolute atomic E-state index is 0. The smallest absolute Gasteiger partial charge is 1.00 e. The predicted molar refractivity (Wildman–Crippen MR) is 86.1 cm³/mol. The van der Waals surface area contributed by atoms with Gasteiger partial charge in [-0.05, 0) is 34.1 Å². The van der Waals surface area contributed by atoms with E-state index in [1.54, 1.807) is 6.07 Å². The molecule has 0 aliphatic carbocycles. The van der Waals surface area contributed by atoms with Gasteiger partial charge in [-0.2, -0.15) is 0 Å². The average Bonchev–Trinajstić information content (AvgIpc) is 2.35. The Balaban J connectivity index is 0. The third-order valence-electron chi connectivity index (χ3n) is 2.66. The third kappa shape index (κ3) is 4.93. The van der Waals surface area contributed by atoms with Crippen molar-refractivity contribution in [3.8, 4) is 11.5 Å². The Morgan fingerprint density at radius 3 is 2.45 bits per heavy atom. The fraction of sp³-hybridized carbons (Fsp3) is 0.462. The van der Waals surface area contributed by atoms with Crippen molar-refractivity contribution < 1.29 is 34.6 Å². The summed E-state index contributed by atoms with van der Waals surface area (Å²) in [7, 11) is 5.68. The number of carbonyl (C=O) groups is 1. The number of benzene rings is 1. The average molecular weight is 376 g/mol. The zero-order valence-electron chi connectivity index (χ0n) is 13.1. The maximum Gasteiger partial charge on any atom is 1.00 e. The molecule has 1 rings (SSSR count). The SMILES string of the molecule is COc1c(Cl)cc(Br)c(OC)c1C(=O)CCC(C)P.[H-].[Li+]. The second-order valence-electron chi connectivity index (χ2n) is 4.22. The van der Waals surface area contributed by atoms with Crippen molar-refractivity contribution in [1.29, 1.82) is 0 Å². The molecule has 2 unspecified atom stereocenters. The Bertz CT molecular complexity index is 461. The monoisotopic (exact) mass is 374 g/mol. The summed E-state index contributed by atoms with van der Waals surface area (Å²) in [6.45, 7) is 2.04. The van der Waals surface area contributed by atoms with Gasteiger partial charge in [0.2, 0.25) is 0 Å². The molecule has 1 aromatic carbocycles. The van der Waals surface area contributed by atoms with E-state index in [1.165, 1.54) is 14.2 Å². The summed E-state index contributed by atoms with van der Waals surface area (Å²) in [4.78, 5) is 12.4. The Labute approximate surface area is 149 Å². The molecule has 3 nitrogen and oxygen atoms in total. The number of halogens is 2. The third-order valence-corrected chi connectivity index (χ3v) is 3.86. The second kappa shape index (κ2) is 9.33. The molecule has 0 amide bonds. The van der Waals surface area contributed by atoms with E-state index in [0.29, 0.717) is 38.6 Å². The van der Waals surface area contributed by atoms with Crippen LogP contribution in [0.5, 0.6) is 11.5 Å². The molecule has 0 fully saturated rings. The van der Waals surface area contributed by atoms with Crippen LogP contribution in [0.2, 0.25) is 5.02 Å². The number of hydrogen-bond acceptors (Lipinski definition) is 3. The van der Waals surface area contributed by atoms with E-state index < -0.39 is 0 Å². The minimum Gasteiger partial charge on any atom is -1.00 e. The molecule has 0 spiro atoms. The van der Waals surface area contributed by atoms with Gasteiger partial charge >= 0.3 is 18.9 Å². The van der Waals surface area contributed by atoms with Gasteiger partial charge in [-0.1, -0.05) is 18.5 Å². The summed E-state index contributed by atoms with van der Waals surface area (Å²) < 4.78 is 11.2. The van der Waals surface area contributed by atoms with Gasteiger partial charge in [0.05, 0.1) is 23.7 Å². The molecule has 0 aromatic heterocycles. The second-order valence-corrected chi connectivity index (χ2v) is 6.62. The molecule has 0 aliphatic rings. The summed E-state index contributed by atoms with van der Waals surface area (Å²) in [6, 6.07) is 1.66. The molecular formula is C13H18BrClLiO3P. The molecule has 20 heavy (non-hydrogen) atoms. The molecule has 0 bridgehead atoms. The first-order valence-electron chi connectivity index (χ1n) is 5.81. The minimum atomic E-state index is -0.0359. The van der Waals surface area contributed by atoms with E-state index in [9.17, 15) is 4.79 Å². The van der Waals surface area contributed by atoms with Crippen LogP contribution in [0.15, 0.2) is 10.5 Å². The van der Waals surface area contributed by atoms with Gasteiger partial charge in [-0.15, -0.1) is 9.24 Å². The number of methoxy groups -OCH3 is 2. The Morgan fingerprint density at radius 1 is 1.45 bits per heavy atom. The van der Waals surface area contributed by atoms with E-state index in [1.807, 2.05) is 6.92 Å². The first kappa shape index (κ1) is 20.3. The first-order valence-corrected chi connectivity index (χ1v) is 7.64. The van der Waals surface area contributed by atoms with E-state index >= 15 is 0 Å². The standard InChI is InChI=1S/C13H17BrClO3P.Li.H/c1-7(19)4-5-10(16)11-12(17-2)8(14)6-9(15)13(11)18-3;;/h6-7H,4-5,19H2,1-3H3;;/q;+1;-1. The van der Waals surface area contributed by atoms with E-state index in [0.717, 1.165) is 6.42 Å². The summed E-state index contributed by atoms with van der Waals surface area (Å²) in [5, 5.41) is 0.387. The molecule has 1 aromatic rings. The van der Waals surface area contributed by atoms with Crippen LogP contribution >= 0.6 is 36.8 Å². The molecule has 108 valence electrons. The zero-order chi connectivity index (χ0) is 14.6. The maximum absolute atomic E-state index is 12.4. The predicted octanol–water partition coefficient (Wildman–Crippen LogP) is 1.46. The molecule has 0 saturated heterocycles. The molecule has 0 saturated carbocycles. The maximum atomic E-state index is 12.4. The molecule has 0 N–H and O–H groups in total. The van der Waals surface area contributed by atoms with Crippen molar-refractivity contribution in [2.75, 3.05) is 14.2 Å². The van der Waals surface area contributed by atoms with Crippen LogP contribution in [-0.4, -0.2) is 25.7 Å². The van der Waals surface area contributed by atoms with Crippen LogP contribution < -0.4 is 28.3 Å². The van der Waals surface area contributed by atoms with Crippen LogP contribution in [0.25, 0.3) is 0 Å². The fourth-order valence-electron chi connectivity index (χ4n) is 1.72. The van der Waals surface area contributed by atoms with Gasteiger partial charge in [0.15, 0.2) is 11.5 Å². The van der Waals surface area contributed by atoms with Gasteiger partial charge in [-0.3, -0.25) is 4.79 Å². The fourth-order valence-corrected chi connectivity index (χ4v) is 2.89. The summed E-state index contributed by atoms with van der Waals surface area (Å²) in [5.41, 5.74) is 0.776. The topological polar surface area (TPSA) is 35.5 Å². The van der Waals surface area contributed by atoms with Gasteiger partial charge in [-0.25, -0.2) is 0 Å². The van der Waals surface area contributed by atoms with Gasteiger partial charge in [0, 0.05) is 6.42 Å². The number of rotatable bonds is 6. The molecule has 7 heteroatoms. The van der Waals surface area contributed by atoms with Crippen molar-refractivity contribution in [2.24, 2.45) is 0 Å². The van der Waals surface area contributed by atoms with Gasteiger partial charge in [0.1, 0.15) is 11.3 Å². The van der Waals surface area contributed by atoms with E-state index in [2.05, 4.69) is 25.2 Å². The van der Waals surface area contributed by atoms with Crippen molar-refractivity contribution in [3.63, 3.8) is 0 Å². The summed E-state index contributed by atoms with van der Waals surface area (Å²) >= 11 is 9.45. The molecule has 0 heterocycles. The molecule has 2 atom stereocenters. The number of Topliss-reactive ketones (excluding diaryl/α,β-unsaturated/α-hetero) is 1. The first-order chi connectivity index (χ1) is 8.92. The van der Waals surface area contributed by atoms with Crippen LogP contribution in [-0.2, 0) is 0 Å². The van der Waals surface area contributed by atoms with Gasteiger partial charge < -0.3 is 10.9 Å². The number of hydrogen-bond donors (Lipinski definition) is 0. The Hall–Kier alpha value is 0.287. The van der Waals surface area contributed by atoms with Crippen LogP contribution in [0.3, 0.4) is 0 Å². The quantitative estimate of drug-likeness (QED) is 0.429. The Kier molecular flexibility index (Phi) is 9.47. The van der Waals surface area contributed by atoms with Crippen molar-refractivity contribution in [2.45, 2.75) is 25.4 Å². The molecule has 0 aliphatic heterocycles. The van der Waals surface area contributed by atoms with E-state index in [-0.39, 0.29) is 26.1 Å². The van der Waals surface area contributed by atoms with Crippen molar-refractivity contribution >= 4 is 42.6 Å². The molecule has 0 radical (unpaired) electrons. The van der Waals surface area contributed by atoms with Gasteiger partial charge in [0.25, 0.3) is 0 Å². The van der Waals surface area contributed by atoms with Crippen LogP contribution in [0, 0.1) is 0 Å². The molecular weight excluding hydrogens is 357 g/mol. The largest absolute Gasteiger partial charge is 1.00 e. The number of carbonyl (C=O) groups excluding carboxylic acids is 1. The van der Waals surface area contributed by atoms with Crippen LogP contribution in [0.4, 0.5) is 0 Å². The number of ketones is 1. The summed E-state index contributed by atoms with van der Waals surface area (Å²) in [6.07, 6.45) is 1.20. The van der Waals surface area contributed by atoms with E-state index in [4.69, 9.17) is 21.1 Å². The zero-order valence-corrected chi connectivity index (χ0v) is 15.6. The summed E-state index contributed by atoms with van der Waals surface area (Å²) in [5.74, 6) is 0.789. The normalized spacial score (nSPS) is 11.5. The van der Waals surface area contributed by atoms with Crippen molar-refractivity contribution in [3.05, 3.63) is 21.1 Å². The van der Waals surface area contributed by atoms with Crippen LogP contribution in [0.1, 0.15) is 31.6 Å². The number of ether oxygens (including phenoxy) is 2. The Morgan fingerprint density at radius 2 is 2.00 bits per heavy atom. The van der Waals surface area contributed by atoms with Crippen molar-refractivity contribution in [1.82, 2.24) is 0 Å².